The lowest BCUT2D eigenvalue weighted by atomic mass is 9.69. The first-order valence-electron chi connectivity index (χ1n) is 12.3. The van der Waals surface area contributed by atoms with Gasteiger partial charge in [0.15, 0.2) is 0 Å². The van der Waals surface area contributed by atoms with E-state index in [0.717, 1.165) is 22.3 Å². The van der Waals surface area contributed by atoms with Gasteiger partial charge >= 0.3 is 0 Å². The number of ether oxygens (including phenoxy) is 2. The zero-order valence-corrected chi connectivity index (χ0v) is 21.3. The van der Waals surface area contributed by atoms with Crippen LogP contribution in [0.25, 0.3) is 11.1 Å². The maximum absolute atomic E-state index is 13.8. The molecule has 0 spiro atoms. The highest BCUT2D eigenvalue weighted by Crippen LogP contribution is 2.38. The summed E-state index contributed by atoms with van der Waals surface area (Å²) in [5, 5.41) is 0. The quantitative estimate of drug-likeness (QED) is 0.502. The Balaban J connectivity index is 1.35. The Morgan fingerprint density at radius 1 is 0.865 bits per heavy atom. The summed E-state index contributed by atoms with van der Waals surface area (Å²) in [7, 11) is -3.58. The molecule has 194 valence electrons. The van der Waals surface area contributed by atoms with Crippen LogP contribution in [0, 0.1) is 0 Å². The van der Waals surface area contributed by atoms with Crippen molar-refractivity contribution in [2.75, 3.05) is 45.3 Å². The number of rotatable bonds is 7. The number of ketones is 1. The maximum atomic E-state index is 13.8. The molecule has 0 atom stereocenters. The van der Waals surface area contributed by atoms with E-state index in [0.29, 0.717) is 52.4 Å². The summed E-state index contributed by atoms with van der Waals surface area (Å²) in [4.78, 5) is 22.1. The third-order valence-electron chi connectivity index (χ3n) is 7.22. The van der Waals surface area contributed by atoms with Crippen molar-refractivity contribution in [3.05, 3.63) is 72.1 Å². The zero-order chi connectivity index (χ0) is 25.9. The highest BCUT2D eigenvalue weighted by atomic mass is 32.2. The first-order valence-corrected chi connectivity index (χ1v) is 13.8. The molecule has 9 nitrogen and oxygen atoms in total. The number of nitrogens with two attached hydrogens (primary N) is 1. The van der Waals surface area contributed by atoms with Gasteiger partial charge in [-0.15, -0.1) is 0 Å². The van der Waals surface area contributed by atoms with E-state index < -0.39 is 15.4 Å². The highest BCUT2D eigenvalue weighted by molar-refractivity contribution is 7.89. The Hall–Kier alpha value is -3.18. The minimum atomic E-state index is -3.58. The molecule has 2 aromatic carbocycles. The van der Waals surface area contributed by atoms with Crippen molar-refractivity contribution in [2.24, 2.45) is 0 Å². The maximum Gasteiger partial charge on any atom is 0.243 e. The molecule has 2 aliphatic heterocycles. The molecule has 37 heavy (non-hydrogen) atoms. The van der Waals surface area contributed by atoms with E-state index >= 15 is 0 Å². The topological polar surface area (TPSA) is 125 Å². The fraction of sp³-hybridized carbons (Fsp3) is 0.370. The average molecular weight is 523 g/mol. The lowest BCUT2D eigenvalue weighted by molar-refractivity contribution is -0.127. The van der Waals surface area contributed by atoms with Crippen molar-refractivity contribution >= 4 is 21.8 Å². The van der Waals surface area contributed by atoms with Crippen LogP contribution in [-0.4, -0.2) is 68.0 Å². The Kier molecular flexibility index (Phi) is 7.34. The van der Waals surface area contributed by atoms with Crippen molar-refractivity contribution in [1.82, 2.24) is 14.3 Å². The summed E-state index contributed by atoms with van der Waals surface area (Å²) in [5.41, 5.74) is 8.46. The molecule has 0 radical (unpaired) electrons. The van der Waals surface area contributed by atoms with Gasteiger partial charge in [-0.2, -0.15) is 4.31 Å². The molecule has 0 unspecified atom stereocenters. The van der Waals surface area contributed by atoms with E-state index in [-0.39, 0.29) is 23.0 Å². The number of aromatic nitrogens is 2. The molecule has 10 heteroatoms. The monoisotopic (exact) mass is 522 g/mol. The normalized spacial score (nSPS) is 18.4. The summed E-state index contributed by atoms with van der Waals surface area (Å²) in [6.07, 6.45) is 4.76. The summed E-state index contributed by atoms with van der Waals surface area (Å²) >= 11 is 0. The van der Waals surface area contributed by atoms with Gasteiger partial charge in [0.2, 0.25) is 16.0 Å². The second-order valence-corrected chi connectivity index (χ2v) is 11.3. The lowest BCUT2D eigenvalue weighted by Crippen LogP contribution is -2.42. The van der Waals surface area contributed by atoms with Crippen molar-refractivity contribution in [3.8, 4) is 11.1 Å². The predicted octanol–water partition coefficient (Wildman–Crippen LogP) is 2.61. The number of hydrogen-bond donors (Lipinski definition) is 1. The molecule has 3 heterocycles. The largest absolute Gasteiger partial charge is 0.381 e. The van der Waals surface area contributed by atoms with Gasteiger partial charge in [0.05, 0.1) is 23.5 Å². The number of hydrogen-bond acceptors (Lipinski definition) is 8. The summed E-state index contributed by atoms with van der Waals surface area (Å²) in [5.74, 6) is 0.321. The molecule has 2 aliphatic rings. The van der Waals surface area contributed by atoms with Crippen LogP contribution >= 0.6 is 0 Å². The Bertz CT molecular complexity index is 1330. The Morgan fingerprint density at radius 3 is 2.08 bits per heavy atom. The van der Waals surface area contributed by atoms with E-state index in [1.165, 1.54) is 4.31 Å². The molecular weight excluding hydrogens is 492 g/mol. The van der Waals surface area contributed by atoms with Gasteiger partial charge in [-0.3, -0.25) is 4.79 Å². The first kappa shape index (κ1) is 25.5. The van der Waals surface area contributed by atoms with Crippen LogP contribution in [0.3, 0.4) is 0 Å². The number of Topliss-reactive ketones (excluding diaryl/α,β-unsaturated/α-hetero) is 1. The molecular formula is C27H30N4O5S. The second-order valence-electron chi connectivity index (χ2n) is 9.36. The number of carbonyl (C=O) groups is 1. The number of morpholine rings is 1. The molecule has 0 saturated carbocycles. The van der Waals surface area contributed by atoms with Crippen LogP contribution in [0.1, 0.15) is 24.0 Å². The molecule has 0 amide bonds. The predicted molar refractivity (Wildman–Crippen MR) is 138 cm³/mol. The van der Waals surface area contributed by atoms with Gasteiger partial charge in [-0.1, -0.05) is 36.4 Å². The van der Waals surface area contributed by atoms with Crippen LogP contribution in [0.4, 0.5) is 5.95 Å². The smallest absolute Gasteiger partial charge is 0.243 e. The van der Waals surface area contributed by atoms with Gasteiger partial charge < -0.3 is 15.2 Å². The van der Waals surface area contributed by atoms with Crippen LogP contribution < -0.4 is 5.73 Å². The van der Waals surface area contributed by atoms with Crippen LogP contribution in [0.5, 0.6) is 0 Å². The van der Waals surface area contributed by atoms with Gasteiger partial charge in [0.1, 0.15) is 5.78 Å². The Morgan fingerprint density at radius 2 is 1.46 bits per heavy atom. The standard InChI is InChI=1S/C27H30N4O5S/c28-26-29-18-22(19-30-26)21-3-5-23(6-4-21)27(9-13-35-14-10-27)25(32)17-20-1-7-24(8-2-20)37(33,34)31-11-15-36-16-12-31/h1-8,18-19H,9-17H2,(H2,28,29,30). The molecule has 2 fully saturated rings. The van der Waals surface area contributed by atoms with Gasteiger partial charge in [-0.05, 0) is 41.7 Å². The van der Waals surface area contributed by atoms with Crippen LogP contribution in [-0.2, 0) is 36.1 Å². The minimum Gasteiger partial charge on any atom is -0.381 e. The van der Waals surface area contributed by atoms with Gasteiger partial charge in [0.25, 0.3) is 0 Å². The molecule has 2 saturated heterocycles. The van der Waals surface area contributed by atoms with Crippen LogP contribution in [0.15, 0.2) is 65.8 Å². The Labute approximate surface area is 216 Å². The average Bonchev–Trinajstić information content (AvgIpc) is 2.95. The highest BCUT2D eigenvalue weighted by Gasteiger charge is 2.41. The van der Waals surface area contributed by atoms with Crippen molar-refractivity contribution in [1.29, 1.82) is 0 Å². The fourth-order valence-electron chi connectivity index (χ4n) is 4.99. The lowest BCUT2D eigenvalue weighted by Gasteiger charge is -2.36. The van der Waals surface area contributed by atoms with Gasteiger partial charge in [-0.25, -0.2) is 18.4 Å². The number of benzene rings is 2. The van der Waals surface area contributed by atoms with E-state index in [1.54, 1.807) is 36.7 Å². The molecule has 0 aliphatic carbocycles. The number of anilines is 1. The fourth-order valence-corrected chi connectivity index (χ4v) is 6.40. The van der Waals surface area contributed by atoms with E-state index in [2.05, 4.69) is 9.97 Å². The molecule has 1 aromatic heterocycles. The second kappa shape index (κ2) is 10.7. The van der Waals surface area contributed by atoms with Crippen molar-refractivity contribution < 1.29 is 22.7 Å². The van der Waals surface area contributed by atoms with E-state index in [1.807, 2.05) is 24.3 Å². The zero-order valence-electron chi connectivity index (χ0n) is 20.5. The third kappa shape index (κ3) is 5.28. The van der Waals surface area contributed by atoms with Crippen LogP contribution in [0.2, 0.25) is 0 Å². The van der Waals surface area contributed by atoms with Crippen molar-refractivity contribution in [3.63, 3.8) is 0 Å². The van der Waals surface area contributed by atoms with E-state index in [9.17, 15) is 13.2 Å². The minimum absolute atomic E-state index is 0.100. The molecule has 5 rings (SSSR count). The van der Waals surface area contributed by atoms with E-state index in [4.69, 9.17) is 15.2 Å². The number of carbonyl (C=O) groups excluding carboxylic acids is 1. The summed E-state index contributed by atoms with van der Waals surface area (Å²) < 4.78 is 38.2. The van der Waals surface area contributed by atoms with Crippen molar-refractivity contribution in [2.45, 2.75) is 29.6 Å². The summed E-state index contributed by atoms with van der Waals surface area (Å²) in [6, 6.07) is 14.6. The molecule has 0 bridgehead atoms. The number of nitrogens with zero attached hydrogens (tertiary/aromatic N) is 3. The molecule has 3 aromatic rings. The summed E-state index contributed by atoms with van der Waals surface area (Å²) in [6.45, 7) is 2.50. The number of nitrogen functional groups attached to an aromatic ring is 1. The SMILES string of the molecule is Nc1ncc(-c2ccc(C3(C(=O)Cc4ccc(S(=O)(=O)N5CCOCC5)cc4)CCOCC3)cc2)cn1. The number of sulfonamides is 1. The van der Waals surface area contributed by atoms with Gasteiger partial charge in [0, 0.05) is 50.7 Å². The third-order valence-corrected chi connectivity index (χ3v) is 9.13. The molecule has 2 N–H and O–H groups in total. The first-order chi connectivity index (χ1) is 17.9.